The zero-order valence-corrected chi connectivity index (χ0v) is 18.4. The maximum atomic E-state index is 11.6. The number of hydrogen-bond donors (Lipinski definition) is 3. The van der Waals surface area contributed by atoms with E-state index in [2.05, 4.69) is 45.2 Å². The number of fused-ring (bicyclic) bond motifs is 4. The number of carbonyl (C=O) groups is 1. The summed E-state index contributed by atoms with van der Waals surface area (Å²) in [5.74, 6) is 0.495. The summed E-state index contributed by atoms with van der Waals surface area (Å²) >= 11 is 6.76. The molecule has 0 saturated carbocycles. The minimum absolute atomic E-state index is 0.100. The average molecular weight is 450 g/mol. The number of carbonyl (C=O) groups excluding carboxylic acids is 1. The van der Waals surface area contributed by atoms with Gasteiger partial charge in [0.25, 0.3) is 0 Å². The van der Waals surface area contributed by atoms with Crippen molar-refractivity contribution in [3.05, 3.63) is 58.7 Å². The Labute approximate surface area is 191 Å². The van der Waals surface area contributed by atoms with E-state index >= 15 is 0 Å². The van der Waals surface area contributed by atoms with Gasteiger partial charge in [-0.25, -0.2) is 14.8 Å². The number of benzene rings is 2. The smallest absolute Gasteiger partial charge is 0.408 e. The lowest BCUT2D eigenvalue weighted by Gasteiger charge is -2.31. The first kappa shape index (κ1) is 19.6. The first-order valence-corrected chi connectivity index (χ1v) is 11.4. The molecule has 2 heterocycles. The third kappa shape index (κ3) is 3.32. The van der Waals surface area contributed by atoms with Gasteiger partial charge in [-0.1, -0.05) is 18.2 Å². The van der Waals surface area contributed by atoms with E-state index in [1.165, 1.54) is 23.1 Å². The third-order valence-corrected chi connectivity index (χ3v) is 7.03. The van der Waals surface area contributed by atoms with Crippen LogP contribution in [0.3, 0.4) is 0 Å². The fraction of sp³-hybridized carbons (Fsp3) is 0.375. The van der Waals surface area contributed by atoms with E-state index in [0.717, 1.165) is 36.2 Å². The van der Waals surface area contributed by atoms with Gasteiger partial charge in [-0.15, -0.1) is 11.6 Å². The van der Waals surface area contributed by atoms with Crippen LogP contribution in [0.25, 0.3) is 0 Å². The van der Waals surface area contributed by atoms with Crippen LogP contribution in [0.15, 0.2) is 46.4 Å². The molecule has 4 atom stereocenters. The Morgan fingerprint density at radius 3 is 3.03 bits per heavy atom. The Bertz CT molecular complexity index is 1170. The van der Waals surface area contributed by atoms with Gasteiger partial charge in [0, 0.05) is 24.0 Å². The number of alkyl halides is 1. The summed E-state index contributed by atoms with van der Waals surface area (Å²) in [7, 11) is 0. The number of nitrogens with zero attached hydrogens (tertiary/aromatic N) is 2. The molecule has 0 bridgehead atoms. The molecule has 2 aliphatic carbocycles. The van der Waals surface area contributed by atoms with E-state index in [1.807, 2.05) is 19.1 Å². The highest BCUT2D eigenvalue weighted by Crippen LogP contribution is 2.38. The lowest BCUT2D eigenvalue weighted by molar-refractivity contribution is 0.136. The number of halogens is 1. The molecule has 1 saturated heterocycles. The highest BCUT2D eigenvalue weighted by molar-refractivity contribution is 6.34. The molecule has 2 aromatic carbocycles. The quantitative estimate of drug-likeness (QED) is 0.614. The average Bonchev–Trinajstić information content (AvgIpc) is 3.45. The van der Waals surface area contributed by atoms with Gasteiger partial charge in [-0.3, -0.25) is 0 Å². The van der Waals surface area contributed by atoms with Crippen molar-refractivity contribution in [3.63, 3.8) is 0 Å². The van der Waals surface area contributed by atoms with E-state index in [0.29, 0.717) is 5.96 Å². The zero-order valence-electron chi connectivity index (χ0n) is 17.7. The highest BCUT2D eigenvalue weighted by atomic mass is 35.5. The summed E-state index contributed by atoms with van der Waals surface area (Å²) in [5, 5.41) is 9.75. The van der Waals surface area contributed by atoms with Crippen molar-refractivity contribution < 1.29 is 9.53 Å². The van der Waals surface area contributed by atoms with Crippen LogP contribution in [0.5, 0.6) is 0 Å². The Morgan fingerprint density at radius 1 is 1.22 bits per heavy atom. The largest absolute Gasteiger partial charge is 0.443 e. The van der Waals surface area contributed by atoms with Gasteiger partial charge < -0.3 is 20.7 Å². The number of ether oxygens (including phenoxy) is 1. The number of hydrogen-bond acceptors (Lipinski definition) is 6. The fourth-order valence-corrected chi connectivity index (χ4v) is 5.22. The molecule has 1 amide bonds. The van der Waals surface area contributed by atoms with Crippen LogP contribution in [0.4, 0.5) is 16.2 Å². The molecule has 6 rings (SSSR count). The minimum atomic E-state index is -0.747. The predicted molar refractivity (Wildman–Crippen MR) is 126 cm³/mol. The number of rotatable bonds is 3. The third-order valence-electron chi connectivity index (χ3n) is 6.73. The number of guanidine groups is 1. The molecule has 2 aromatic rings. The minimum Gasteiger partial charge on any atom is -0.443 e. The Balaban J connectivity index is 1.24. The molecular formula is C24H24ClN5O2. The second kappa shape index (κ2) is 7.24. The van der Waals surface area contributed by atoms with Gasteiger partial charge in [0.2, 0.25) is 5.96 Å². The van der Waals surface area contributed by atoms with Crippen LogP contribution in [0, 0.1) is 0 Å². The summed E-state index contributed by atoms with van der Waals surface area (Å²) in [4.78, 5) is 20.1. The van der Waals surface area contributed by atoms with Gasteiger partial charge in [-0.05, 0) is 66.6 Å². The summed E-state index contributed by atoms with van der Waals surface area (Å²) in [6.07, 6.45) is 5.00. The van der Waals surface area contributed by atoms with E-state index < -0.39 is 4.87 Å². The van der Waals surface area contributed by atoms with Gasteiger partial charge in [0.15, 0.2) is 0 Å². The lowest BCUT2D eigenvalue weighted by Crippen LogP contribution is -2.44. The van der Waals surface area contributed by atoms with Gasteiger partial charge >= 0.3 is 6.09 Å². The number of anilines is 2. The van der Waals surface area contributed by atoms with Crippen LogP contribution < -0.4 is 16.0 Å². The van der Waals surface area contributed by atoms with E-state index in [1.54, 1.807) is 6.21 Å². The Morgan fingerprint density at radius 2 is 2.12 bits per heavy atom. The number of nitrogens with one attached hydrogen (secondary N) is 3. The molecule has 0 radical (unpaired) electrons. The molecule has 7 nitrogen and oxygen atoms in total. The van der Waals surface area contributed by atoms with Crippen LogP contribution in [-0.4, -0.2) is 35.4 Å². The van der Waals surface area contributed by atoms with Crippen molar-refractivity contribution >= 4 is 41.2 Å². The van der Waals surface area contributed by atoms with Crippen LogP contribution in [0.1, 0.15) is 41.6 Å². The molecule has 4 aliphatic rings. The maximum absolute atomic E-state index is 11.6. The monoisotopic (exact) mass is 449 g/mol. The number of amides is 1. The lowest BCUT2D eigenvalue weighted by atomic mass is 10.0. The highest BCUT2D eigenvalue weighted by Gasteiger charge is 2.42. The van der Waals surface area contributed by atoms with Crippen LogP contribution >= 0.6 is 11.6 Å². The maximum Gasteiger partial charge on any atom is 0.408 e. The molecule has 32 heavy (non-hydrogen) atoms. The van der Waals surface area contributed by atoms with Gasteiger partial charge in [0.05, 0.1) is 6.04 Å². The molecule has 0 spiro atoms. The molecule has 0 aromatic heterocycles. The zero-order chi connectivity index (χ0) is 21.9. The van der Waals surface area contributed by atoms with Crippen molar-refractivity contribution in [2.75, 3.05) is 10.6 Å². The molecule has 2 unspecified atom stereocenters. The second-order valence-electron chi connectivity index (χ2n) is 9.01. The molecule has 164 valence electrons. The normalized spacial score (nSPS) is 29.5. The second-order valence-corrected chi connectivity index (χ2v) is 9.83. The summed E-state index contributed by atoms with van der Waals surface area (Å²) in [5.41, 5.74) is 6.97. The van der Waals surface area contributed by atoms with Crippen LogP contribution in [-0.2, 0) is 24.0 Å². The van der Waals surface area contributed by atoms with Gasteiger partial charge in [-0.2, -0.15) is 0 Å². The summed E-state index contributed by atoms with van der Waals surface area (Å²) in [6, 6.07) is 12.4. The van der Waals surface area contributed by atoms with Crippen molar-refractivity contribution in [1.82, 2.24) is 5.32 Å². The fourth-order valence-electron chi connectivity index (χ4n) is 5.07. The van der Waals surface area contributed by atoms with Crippen LogP contribution in [0.2, 0.25) is 0 Å². The van der Waals surface area contributed by atoms with E-state index in [9.17, 15) is 4.79 Å². The Hall–Kier alpha value is -3.06. The standard InChI is InChI=1S/C24H24ClN5O2/c1-24(25)12-26-22(30-21(24)28-18-7-3-5-13-4-2-6-16(13)18)27-15-9-8-14-10-19-20(17(14)11-15)29-23(31)32-19/h3,5,7-9,11-12,19-21,28H,2,4,6,10H2,1H3,(H,27,30)(H,29,31)/t19-,20+,21?,24?/m1/s1. The van der Waals surface area contributed by atoms with Crippen molar-refractivity contribution in [2.45, 2.75) is 55.8 Å². The van der Waals surface area contributed by atoms with Crippen molar-refractivity contribution in [2.24, 2.45) is 9.98 Å². The topological polar surface area (TPSA) is 87.1 Å². The molecule has 3 N–H and O–H groups in total. The summed E-state index contributed by atoms with van der Waals surface area (Å²) in [6.45, 7) is 1.91. The van der Waals surface area contributed by atoms with E-state index in [4.69, 9.17) is 21.3 Å². The molecule has 2 aliphatic heterocycles. The van der Waals surface area contributed by atoms with E-state index in [-0.39, 0.29) is 24.4 Å². The summed E-state index contributed by atoms with van der Waals surface area (Å²) < 4.78 is 5.34. The SMILES string of the molecule is CC1(Cl)C=NC(Nc2ccc3c(c2)[C@@H]2NC(=O)O[C@@H]2C3)=NC1Nc1cccc2c1CCC2. The molecule has 8 heteroatoms. The van der Waals surface area contributed by atoms with Crippen molar-refractivity contribution in [1.29, 1.82) is 0 Å². The molecule has 1 fully saturated rings. The first-order valence-electron chi connectivity index (χ1n) is 11.0. The molecular weight excluding hydrogens is 426 g/mol. The Kier molecular flexibility index (Phi) is 4.43. The predicted octanol–water partition coefficient (Wildman–Crippen LogP) is 4.17. The number of aryl methyl sites for hydroxylation is 1. The number of aliphatic imine (C=N–C) groups is 2. The van der Waals surface area contributed by atoms with Crippen molar-refractivity contribution in [3.8, 4) is 0 Å². The number of alkyl carbamates (subject to hydrolysis) is 1. The van der Waals surface area contributed by atoms with Gasteiger partial charge in [0.1, 0.15) is 17.1 Å². The first-order chi connectivity index (χ1) is 15.5.